The van der Waals surface area contributed by atoms with Crippen LogP contribution in [0.1, 0.15) is 49.9 Å². The number of hydrogen-bond donors (Lipinski definition) is 1. The van der Waals surface area contributed by atoms with Crippen LogP contribution in [0.4, 0.5) is 0 Å². The van der Waals surface area contributed by atoms with E-state index in [1.54, 1.807) is 0 Å². The van der Waals surface area contributed by atoms with Gasteiger partial charge in [0.1, 0.15) is 6.54 Å². The number of aryl methyl sites for hydroxylation is 1. The summed E-state index contributed by atoms with van der Waals surface area (Å²) in [5, 5.41) is 4.79. The molecule has 1 saturated heterocycles. The summed E-state index contributed by atoms with van der Waals surface area (Å²) in [5.74, 6) is 0.281. The summed E-state index contributed by atoms with van der Waals surface area (Å²) in [6.45, 7) is 10.4. The zero-order valence-corrected chi connectivity index (χ0v) is 15.9. The SMILES string of the molecule is CC.Cc1ccc2c(c1)c1c(n2CC(=O)N2CCCCC2)CCNC1. The van der Waals surface area contributed by atoms with Crippen molar-refractivity contribution < 1.29 is 4.79 Å². The molecule has 0 spiro atoms. The monoisotopic (exact) mass is 341 g/mol. The number of amides is 1. The first-order valence-corrected chi connectivity index (χ1v) is 9.83. The van der Waals surface area contributed by atoms with Crippen LogP contribution in [-0.2, 0) is 24.3 Å². The van der Waals surface area contributed by atoms with Gasteiger partial charge in [0.25, 0.3) is 0 Å². The highest BCUT2D eigenvalue weighted by atomic mass is 16.2. The maximum absolute atomic E-state index is 12.8. The highest BCUT2D eigenvalue weighted by Gasteiger charge is 2.23. The van der Waals surface area contributed by atoms with Gasteiger partial charge in [-0.15, -0.1) is 0 Å². The van der Waals surface area contributed by atoms with E-state index < -0.39 is 0 Å². The molecule has 4 nitrogen and oxygen atoms in total. The van der Waals surface area contributed by atoms with E-state index in [0.29, 0.717) is 6.54 Å². The van der Waals surface area contributed by atoms with Gasteiger partial charge in [0.2, 0.25) is 5.91 Å². The number of benzene rings is 1. The number of nitrogens with one attached hydrogen (secondary N) is 1. The molecule has 0 atom stereocenters. The maximum Gasteiger partial charge on any atom is 0.242 e. The zero-order chi connectivity index (χ0) is 17.8. The molecule has 0 radical (unpaired) electrons. The quantitative estimate of drug-likeness (QED) is 0.905. The molecular formula is C21H31N3O. The first-order chi connectivity index (χ1) is 12.2. The third-order valence-corrected chi connectivity index (χ3v) is 5.28. The van der Waals surface area contributed by atoms with Crippen LogP contribution in [0.15, 0.2) is 18.2 Å². The van der Waals surface area contributed by atoms with E-state index in [1.807, 2.05) is 13.8 Å². The molecule has 0 unspecified atom stereocenters. The van der Waals surface area contributed by atoms with Crippen LogP contribution in [0.2, 0.25) is 0 Å². The molecule has 136 valence electrons. The lowest BCUT2D eigenvalue weighted by Crippen LogP contribution is -2.38. The first-order valence-electron chi connectivity index (χ1n) is 9.83. The van der Waals surface area contributed by atoms with Gasteiger partial charge in [-0.05, 0) is 43.9 Å². The second-order valence-corrected chi connectivity index (χ2v) is 6.90. The summed E-state index contributed by atoms with van der Waals surface area (Å²) in [4.78, 5) is 14.8. The Kier molecular flexibility index (Phi) is 5.79. The average Bonchev–Trinajstić information content (AvgIpc) is 2.97. The van der Waals surface area contributed by atoms with E-state index in [-0.39, 0.29) is 5.91 Å². The van der Waals surface area contributed by atoms with Gasteiger partial charge in [-0.1, -0.05) is 25.5 Å². The van der Waals surface area contributed by atoms with E-state index >= 15 is 0 Å². The van der Waals surface area contributed by atoms with Gasteiger partial charge in [-0.2, -0.15) is 0 Å². The minimum Gasteiger partial charge on any atom is -0.341 e. The van der Waals surface area contributed by atoms with Gasteiger partial charge in [0.15, 0.2) is 0 Å². The largest absolute Gasteiger partial charge is 0.341 e. The predicted octanol–water partition coefficient (Wildman–Crippen LogP) is 3.63. The molecule has 0 saturated carbocycles. The van der Waals surface area contributed by atoms with Crippen molar-refractivity contribution in [1.29, 1.82) is 0 Å². The standard InChI is InChI=1S/C19H25N3O.C2H6/c1-14-5-6-17-15(11-14)16-12-20-8-7-18(16)22(17)13-19(23)21-9-3-2-4-10-21;1-2/h5-6,11,20H,2-4,7-10,12-13H2,1H3;1-2H3. The Morgan fingerprint density at radius 2 is 1.92 bits per heavy atom. The maximum atomic E-state index is 12.8. The van der Waals surface area contributed by atoms with Gasteiger partial charge >= 0.3 is 0 Å². The molecular weight excluding hydrogens is 310 g/mol. The number of carbonyl (C=O) groups is 1. The number of carbonyl (C=O) groups excluding carboxylic acids is 1. The van der Waals surface area contributed by atoms with Gasteiger partial charge in [-0.25, -0.2) is 0 Å². The van der Waals surface area contributed by atoms with Crippen LogP contribution in [0.3, 0.4) is 0 Å². The van der Waals surface area contributed by atoms with Crippen molar-refractivity contribution in [2.75, 3.05) is 19.6 Å². The second-order valence-electron chi connectivity index (χ2n) is 6.90. The summed E-state index contributed by atoms with van der Waals surface area (Å²) in [7, 11) is 0. The van der Waals surface area contributed by atoms with Crippen LogP contribution in [-0.4, -0.2) is 35.0 Å². The highest BCUT2D eigenvalue weighted by molar-refractivity contribution is 5.88. The van der Waals surface area contributed by atoms with E-state index in [2.05, 4.69) is 39.9 Å². The van der Waals surface area contributed by atoms with E-state index in [1.165, 1.54) is 34.1 Å². The number of likely N-dealkylation sites (tertiary alicyclic amines) is 1. The lowest BCUT2D eigenvalue weighted by Gasteiger charge is -2.27. The summed E-state index contributed by atoms with van der Waals surface area (Å²) < 4.78 is 2.28. The third-order valence-electron chi connectivity index (χ3n) is 5.28. The number of fused-ring (bicyclic) bond motifs is 3. The summed E-state index contributed by atoms with van der Waals surface area (Å²) >= 11 is 0. The Morgan fingerprint density at radius 1 is 1.16 bits per heavy atom. The van der Waals surface area contributed by atoms with Crippen molar-refractivity contribution in [3.05, 3.63) is 35.0 Å². The summed E-state index contributed by atoms with van der Waals surface area (Å²) in [6, 6.07) is 6.61. The number of nitrogens with zero attached hydrogens (tertiary/aromatic N) is 2. The molecule has 4 rings (SSSR count). The normalized spacial score (nSPS) is 17.0. The topological polar surface area (TPSA) is 37.3 Å². The fourth-order valence-electron chi connectivity index (χ4n) is 4.05. The molecule has 4 heteroatoms. The van der Waals surface area contributed by atoms with E-state index in [4.69, 9.17) is 0 Å². The van der Waals surface area contributed by atoms with E-state index in [0.717, 1.165) is 45.4 Å². The average molecular weight is 341 g/mol. The van der Waals surface area contributed by atoms with Gasteiger partial charge < -0.3 is 14.8 Å². The van der Waals surface area contributed by atoms with Crippen LogP contribution < -0.4 is 5.32 Å². The molecule has 2 aliphatic rings. The van der Waals surface area contributed by atoms with Gasteiger partial charge in [0.05, 0.1) is 0 Å². The van der Waals surface area contributed by atoms with Crippen LogP contribution in [0.25, 0.3) is 10.9 Å². The molecule has 1 N–H and O–H groups in total. The Labute approximate surface area is 151 Å². The Morgan fingerprint density at radius 3 is 2.68 bits per heavy atom. The van der Waals surface area contributed by atoms with Crippen molar-refractivity contribution in [3.63, 3.8) is 0 Å². The van der Waals surface area contributed by atoms with Crippen LogP contribution in [0, 0.1) is 6.92 Å². The first kappa shape index (κ1) is 18.0. The number of aromatic nitrogens is 1. The highest BCUT2D eigenvalue weighted by Crippen LogP contribution is 2.29. The number of rotatable bonds is 2. The summed E-state index contributed by atoms with van der Waals surface area (Å²) in [6.07, 6.45) is 4.58. The Hall–Kier alpha value is -1.81. The number of piperidine rings is 1. The Bertz CT molecular complexity index is 741. The van der Waals surface area contributed by atoms with Crippen molar-refractivity contribution in [2.45, 2.75) is 59.5 Å². The molecule has 0 aliphatic carbocycles. The fraction of sp³-hybridized carbons (Fsp3) is 0.571. The van der Waals surface area contributed by atoms with Crippen LogP contribution in [0.5, 0.6) is 0 Å². The molecule has 3 heterocycles. The van der Waals surface area contributed by atoms with Gasteiger partial charge in [0, 0.05) is 49.2 Å². The van der Waals surface area contributed by atoms with Crippen molar-refractivity contribution >= 4 is 16.8 Å². The predicted molar refractivity (Wildman–Crippen MR) is 104 cm³/mol. The lowest BCUT2D eigenvalue weighted by atomic mass is 10.0. The molecule has 2 aliphatic heterocycles. The molecule has 25 heavy (non-hydrogen) atoms. The molecule has 1 fully saturated rings. The van der Waals surface area contributed by atoms with Crippen molar-refractivity contribution in [2.24, 2.45) is 0 Å². The molecule has 1 amide bonds. The smallest absolute Gasteiger partial charge is 0.242 e. The third kappa shape index (κ3) is 3.59. The zero-order valence-electron chi connectivity index (χ0n) is 15.9. The molecule has 1 aromatic heterocycles. The van der Waals surface area contributed by atoms with Crippen molar-refractivity contribution in [1.82, 2.24) is 14.8 Å². The molecule has 0 bridgehead atoms. The van der Waals surface area contributed by atoms with Gasteiger partial charge in [-0.3, -0.25) is 4.79 Å². The second kappa shape index (κ2) is 8.05. The molecule has 2 aromatic rings. The minimum absolute atomic E-state index is 0.281. The van der Waals surface area contributed by atoms with Crippen LogP contribution >= 0.6 is 0 Å². The van der Waals surface area contributed by atoms with Crippen molar-refractivity contribution in [3.8, 4) is 0 Å². The lowest BCUT2D eigenvalue weighted by molar-refractivity contribution is -0.132. The summed E-state index contributed by atoms with van der Waals surface area (Å²) in [5.41, 5.74) is 5.25. The molecule has 1 aromatic carbocycles. The number of hydrogen-bond acceptors (Lipinski definition) is 2. The fourth-order valence-corrected chi connectivity index (χ4v) is 4.05. The van der Waals surface area contributed by atoms with E-state index in [9.17, 15) is 4.79 Å². The minimum atomic E-state index is 0.281. The Balaban J connectivity index is 0.000000880.